The van der Waals surface area contributed by atoms with E-state index in [2.05, 4.69) is 20.6 Å². The summed E-state index contributed by atoms with van der Waals surface area (Å²) in [5.41, 5.74) is 0.930. The first kappa shape index (κ1) is 17.1. The normalized spacial score (nSPS) is 10.4. The Morgan fingerprint density at radius 3 is 2.28 bits per heavy atom. The molecule has 1 amide bonds. The standard InChI is InChI=1S/C17H11Cl2FN4O/c18-11-5-12(19)7-13(6-11)23-16(25)10-8-21-17(22-9-10)24-15-4-2-1-3-14(15)20/h1-9H,(H,23,25)(H,21,22,24). The van der Waals surface area contributed by atoms with Crippen molar-refractivity contribution >= 4 is 46.4 Å². The van der Waals surface area contributed by atoms with Crippen LogP contribution in [0.5, 0.6) is 0 Å². The van der Waals surface area contributed by atoms with Crippen molar-refractivity contribution in [3.8, 4) is 0 Å². The molecule has 0 aliphatic heterocycles. The lowest BCUT2D eigenvalue weighted by molar-refractivity contribution is 0.102. The Hall–Kier alpha value is -2.70. The van der Waals surface area contributed by atoms with Crippen LogP contribution in [0.3, 0.4) is 0 Å². The Kier molecular flexibility index (Phi) is 5.11. The van der Waals surface area contributed by atoms with Crippen molar-refractivity contribution in [2.75, 3.05) is 10.6 Å². The Morgan fingerprint density at radius 1 is 1.00 bits per heavy atom. The molecule has 3 rings (SSSR count). The number of carbonyl (C=O) groups excluding carboxylic acids is 1. The number of carbonyl (C=O) groups is 1. The molecule has 1 heterocycles. The van der Waals surface area contributed by atoms with Crippen LogP contribution >= 0.6 is 23.2 Å². The van der Waals surface area contributed by atoms with Gasteiger partial charge >= 0.3 is 0 Å². The molecular weight excluding hydrogens is 366 g/mol. The third kappa shape index (κ3) is 4.43. The molecule has 25 heavy (non-hydrogen) atoms. The van der Waals surface area contributed by atoms with Crippen LogP contribution in [-0.4, -0.2) is 15.9 Å². The van der Waals surface area contributed by atoms with Gasteiger partial charge in [-0.05, 0) is 30.3 Å². The zero-order valence-corrected chi connectivity index (χ0v) is 14.1. The molecule has 1 aromatic heterocycles. The van der Waals surface area contributed by atoms with E-state index in [0.717, 1.165) is 0 Å². The minimum absolute atomic E-state index is 0.174. The molecule has 5 nitrogen and oxygen atoms in total. The fraction of sp³-hybridized carbons (Fsp3) is 0. The maximum Gasteiger partial charge on any atom is 0.258 e. The summed E-state index contributed by atoms with van der Waals surface area (Å²) < 4.78 is 13.6. The summed E-state index contributed by atoms with van der Waals surface area (Å²) in [5.74, 6) is -0.672. The summed E-state index contributed by atoms with van der Waals surface area (Å²) in [7, 11) is 0. The number of hydrogen-bond acceptors (Lipinski definition) is 4. The van der Waals surface area contributed by atoms with E-state index in [9.17, 15) is 9.18 Å². The number of nitrogens with zero attached hydrogens (tertiary/aromatic N) is 2. The average Bonchev–Trinajstić information content (AvgIpc) is 2.56. The van der Waals surface area contributed by atoms with Gasteiger partial charge in [0.2, 0.25) is 5.95 Å². The van der Waals surface area contributed by atoms with Crippen LogP contribution in [0.1, 0.15) is 10.4 Å². The van der Waals surface area contributed by atoms with E-state index in [4.69, 9.17) is 23.2 Å². The predicted molar refractivity (Wildman–Crippen MR) is 96.1 cm³/mol. The summed E-state index contributed by atoms with van der Waals surface area (Å²) in [5, 5.41) is 6.20. The van der Waals surface area contributed by atoms with Crippen molar-refractivity contribution in [3.05, 3.63) is 76.3 Å². The van der Waals surface area contributed by atoms with E-state index in [-0.39, 0.29) is 17.2 Å². The van der Waals surface area contributed by atoms with Gasteiger partial charge in [-0.2, -0.15) is 0 Å². The molecule has 126 valence electrons. The van der Waals surface area contributed by atoms with Crippen molar-refractivity contribution < 1.29 is 9.18 Å². The predicted octanol–water partition coefficient (Wildman–Crippen LogP) is 4.92. The number of nitrogens with one attached hydrogen (secondary N) is 2. The van der Waals surface area contributed by atoms with Crippen molar-refractivity contribution in [1.29, 1.82) is 0 Å². The fourth-order valence-corrected chi connectivity index (χ4v) is 2.55. The van der Waals surface area contributed by atoms with Gasteiger partial charge in [0.15, 0.2) is 0 Å². The fourth-order valence-electron chi connectivity index (χ4n) is 2.02. The van der Waals surface area contributed by atoms with E-state index in [1.54, 1.807) is 36.4 Å². The molecule has 0 aliphatic rings. The maximum atomic E-state index is 13.6. The molecule has 2 N–H and O–H groups in total. The third-order valence-corrected chi connectivity index (χ3v) is 3.59. The minimum atomic E-state index is -0.425. The monoisotopic (exact) mass is 376 g/mol. The summed E-state index contributed by atoms with van der Waals surface area (Å²) >= 11 is 11.8. The van der Waals surface area contributed by atoms with Gasteiger partial charge < -0.3 is 10.6 Å². The first-order valence-electron chi connectivity index (χ1n) is 7.12. The largest absolute Gasteiger partial charge is 0.322 e. The van der Waals surface area contributed by atoms with E-state index >= 15 is 0 Å². The maximum absolute atomic E-state index is 13.6. The second kappa shape index (κ2) is 7.46. The lowest BCUT2D eigenvalue weighted by atomic mass is 10.2. The number of halogens is 3. The van der Waals surface area contributed by atoms with E-state index in [1.807, 2.05) is 0 Å². The molecule has 0 saturated carbocycles. The summed E-state index contributed by atoms with van der Waals surface area (Å²) in [4.78, 5) is 20.2. The van der Waals surface area contributed by atoms with Crippen molar-refractivity contribution in [2.45, 2.75) is 0 Å². The highest BCUT2D eigenvalue weighted by atomic mass is 35.5. The molecule has 0 aliphatic carbocycles. The number of hydrogen-bond donors (Lipinski definition) is 2. The smallest absolute Gasteiger partial charge is 0.258 e. The first-order chi connectivity index (χ1) is 12.0. The quantitative estimate of drug-likeness (QED) is 0.678. The second-order valence-electron chi connectivity index (χ2n) is 5.01. The average molecular weight is 377 g/mol. The number of aromatic nitrogens is 2. The molecule has 0 atom stereocenters. The van der Waals surface area contributed by atoms with Gasteiger partial charge in [-0.25, -0.2) is 14.4 Å². The van der Waals surface area contributed by atoms with Gasteiger partial charge in [0.05, 0.1) is 11.3 Å². The minimum Gasteiger partial charge on any atom is -0.322 e. The molecule has 2 aromatic carbocycles. The lowest BCUT2D eigenvalue weighted by Gasteiger charge is -2.08. The molecule has 3 aromatic rings. The van der Waals surface area contributed by atoms with Crippen LogP contribution in [0.25, 0.3) is 0 Å². The topological polar surface area (TPSA) is 66.9 Å². The first-order valence-corrected chi connectivity index (χ1v) is 7.88. The van der Waals surface area contributed by atoms with Gasteiger partial charge in [-0.3, -0.25) is 4.79 Å². The van der Waals surface area contributed by atoms with Crippen LogP contribution < -0.4 is 10.6 Å². The van der Waals surface area contributed by atoms with Gasteiger partial charge in [0.25, 0.3) is 5.91 Å². The number of rotatable bonds is 4. The SMILES string of the molecule is O=C(Nc1cc(Cl)cc(Cl)c1)c1cnc(Nc2ccccc2F)nc1. The molecule has 0 saturated heterocycles. The van der Waals surface area contributed by atoms with Gasteiger partial charge in [-0.1, -0.05) is 35.3 Å². The molecule has 0 fully saturated rings. The highest BCUT2D eigenvalue weighted by Gasteiger charge is 2.10. The molecule has 0 spiro atoms. The van der Waals surface area contributed by atoms with Crippen molar-refractivity contribution in [3.63, 3.8) is 0 Å². The van der Waals surface area contributed by atoms with E-state index in [0.29, 0.717) is 15.7 Å². The van der Waals surface area contributed by atoms with Crippen LogP contribution in [0.4, 0.5) is 21.7 Å². The summed E-state index contributed by atoms with van der Waals surface area (Å²) in [6, 6.07) is 10.8. The molecule has 0 unspecified atom stereocenters. The zero-order chi connectivity index (χ0) is 17.8. The van der Waals surface area contributed by atoms with Gasteiger partial charge in [0, 0.05) is 28.1 Å². The Labute approximate surface area is 152 Å². The Morgan fingerprint density at radius 2 is 1.64 bits per heavy atom. The number of benzene rings is 2. The highest BCUT2D eigenvalue weighted by Crippen LogP contribution is 2.23. The van der Waals surface area contributed by atoms with Crippen molar-refractivity contribution in [1.82, 2.24) is 9.97 Å². The molecule has 0 bridgehead atoms. The molecular formula is C17H11Cl2FN4O. The zero-order valence-electron chi connectivity index (χ0n) is 12.6. The number of amides is 1. The highest BCUT2D eigenvalue weighted by molar-refractivity contribution is 6.35. The van der Waals surface area contributed by atoms with Crippen LogP contribution in [0, 0.1) is 5.82 Å². The molecule has 8 heteroatoms. The summed E-state index contributed by atoms with van der Waals surface area (Å²) in [6.45, 7) is 0. The summed E-state index contributed by atoms with van der Waals surface area (Å²) in [6.07, 6.45) is 2.66. The van der Waals surface area contributed by atoms with Gasteiger partial charge in [-0.15, -0.1) is 0 Å². The van der Waals surface area contributed by atoms with Gasteiger partial charge in [0.1, 0.15) is 5.82 Å². The molecule has 0 radical (unpaired) electrons. The second-order valence-corrected chi connectivity index (χ2v) is 5.89. The van der Waals surface area contributed by atoms with E-state index < -0.39 is 11.7 Å². The van der Waals surface area contributed by atoms with Crippen LogP contribution in [0.15, 0.2) is 54.9 Å². The van der Waals surface area contributed by atoms with E-state index in [1.165, 1.54) is 18.5 Å². The van der Waals surface area contributed by atoms with Crippen LogP contribution in [0.2, 0.25) is 10.0 Å². The third-order valence-electron chi connectivity index (χ3n) is 3.15. The van der Waals surface area contributed by atoms with Crippen molar-refractivity contribution in [2.24, 2.45) is 0 Å². The Balaban J connectivity index is 1.71. The Bertz CT molecular complexity index is 899. The lowest BCUT2D eigenvalue weighted by Crippen LogP contribution is -2.13. The van der Waals surface area contributed by atoms with Crippen LogP contribution in [-0.2, 0) is 0 Å². The number of anilines is 3. The number of para-hydroxylation sites is 1.